The first-order chi connectivity index (χ1) is 21.6. The van der Waals surface area contributed by atoms with Gasteiger partial charge >= 0.3 is 6.09 Å². The molecule has 5 rings (SSSR count). The number of nitrogens with zero attached hydrogens (tertiary/aromatic N) is 3. The van der Waals surface area contributed by atoms with E-state index in [9.17, 15) is 9.59 Å². The van der Waals surface area contributed by atoms with E-state index in [2.05, 4.69) is 35.3 Å². The molecular weight excluding hydrogens is 590 g/mol. The topological polar surface area (TPSA) is 81.2 Å². The van der Waals surface area contributed by atoms with E-state index in [-0.39, 0.29) is 18.5 Å². The summed E-state index contributed by atoms with van der Waals surface area (Å²) in [5.41, 5.74) is 4.93. The van der Waals surface area contributed by atoms with Gasteiger partial charge in [0.05, 0.1) is 13.2 Å². The first-order valence-corrected chi connectivity index (χ1v) is 15.9. The second kappa shape index (κ2) is 14.5. The van der Waals surface area contributed by atoms with Gasteiger partial charge in [0.25, 0.3) is 5.91 Å². The Morgan fingerprint density at radius 3 is 2.42 bits per heavy atom. The van der Waals surface area contributed by atoms with Crippen molar-refractivity contribution < 1.29 is 23.8 Å². The van der Waals surface area contributed by atoms with E-state index in [1.807, 2.05) is 56.0 Å². The van der Waals surface area contributed by atoms with Gasteiger partial charge in [-0.25, -0.2) is 9.78 Å². The zero-order chi connectivity index (χ0) is 32.0. The van der Waals surface area contributed by atoms with Gasteiger partial charge < -0.3 is 24.0 Å². The Balaban J connectivity index is 1.47. The van der Waals surface area contributed by atoms with E-state index in [4.69, 9.17) is 25.8 Å². The fourth-order valence-electron chi connectivity index (χ4n) is 5.47. The zero-order valence-corrected chi connectivity index (χ0v) is 27.3. The van der Waals surface area contributed by atoms with Gasteiger partial charge in [0.2, 0.25) is 5.88 Å². The molecule has 0 spiro atoms. The van der Waals surface area contributed by atoms with E-state index in [0.29, 0.717) is 49.3 Å². The lowest BCUT2D eigenvalue weighted by atomic mass is 9.90. The summed E-state index contributed by atoms with van der Waals surface area (Å²) in [6.45, 7) is 7.57. The molecule has 1 saturated carbocycles. The Morgan fingerprint density at radius 2 is 1.71 bits per heavy atom. The molecular formula is C36H42ClN3O5. The van der Waals surface area contributed by atoms with Gasteiger partial charge in [-0.15, -0.1) is 0 Å². The highest BCUT2D eigenvalue weighted by Crippen LogP contribution is 2.36. The Labute approximate surface area is 270 Å². The quantitative estimate of drug-likeness (QED) is 0.162. The summed E-state index contributed by atoms with van der Waals surface area (Å²) in [6.07, 6.45) is 2.69. The smallest absolute Gasteiger partial charge is 0.410 e. The molecule has 0 unspecified atom stereocenters. The minimum atomic E-state index is -0.640. The van der Waals surface area contributed by atoms with Crippen LogP contribution in [0.2, 0.25) is 5.15 Å². The van der Waals surface area contributed by atoms with Gasteiger partial charge in [0.15, 0.2) is 0 Å². The van der Waals surface area contributed by atoms with E-state index in [0.717, 1.165) is 47.1 Å². The highest BCUT2D eigenvalue weighted by Gasteiger charge is 2.38. The Morgan fingerprint density at radius 1 is 0.978 bits per heavy atom. The maximum atomic E-state index is 14.6. The monoisotopic (exact) mass is 631 g/mol. The molecule has 2 heterocycles. The average Bonchev–Trinajstić information content (AvgIpc) is 3.86. The first kappa shape index (κ1) is 32.5. The molecule has 2 aromatic carbocycles. The first-order valence-electron chi connectivity index (χ1n) is 15.6. The summed E-state index contributed by atoms with van der Waals surface area (Å²) in [5.74, 6) is 0.338. The van der Waals surface area contributed by atoms with E-state index < -0.39 is 11.7 Å². The highest BCUT2D eigenvalue weighted by molar-refractivity contribution is 6.29. The van der Waals surface area contributed by atoms with Gasteiger partial charge in [-0.2, -0.15) is 0 Å². The number of carbonyl (C=O) groups excluding carboxylic acids is 2. The molecule has 0 atom stereocenters. The molecule has 1 fully saturated rings. The average molecular weight is 632 g/mol. The van der Waals surface area contributed by atoms with Crippen molar-refractivity contribution in [2.24, 2.45) is 0 Å². The molecule has 1 aliphatic heterocycles. The van der Waals surface area contributed by atoms with Gasteiger partial charge in [-0.05, 0) is 80.0 Å². The van der Waals surface area contributed by atoms with Crippen LogP contribution in [0.3, 0.4) is 0 Å². The molecule has 1 aliphatic carbocycles. The van der Waals surface area contributed by atoms with Crippen LogP contribution in [0.25, 0.3) is 16.7 Å². The number of carbonyl (C=O) groups is 2. The van der Waals surface area contributed by atoms with Crippen molar-refractivity contribution in [3.63, 3.8) is 0 Å². The molecule has 0 saturated heterocycles. The number of methoxy groups -OCH3 is 1. The highest BCUT2D eigenvalue weighted by atomic mass is 35.5. The van der Waals surface area contributed by atoms with Crippen LogP contribution in [-0.4, -0.2) is 71.8 Å². The summed E-state index contributed by atoms with van der Waals surface area (Å²) < 4.78 is 16.6. The zero-order valence-electron chi connectivity index (χ0n) is 26.6. The number of pyridine rings is 1. The number of ether oxygens (including phenoxy) is 3. The van der Waals surface area contributed by atoms with E-state index >= 15 is 0 Å². The largest absolute Gasteiger partial charge is 0.478 e. The number of amides is 2. The predicted octanol–water partition coefficient (Wildman–Crippen LogP) is 7.40. The summed E-state index contributed by atoms with van der Waals surface area (Å²) in [6, 6.07) is 22.2. The van der Waals surface area contributed by atoms with Gasteiger partial charge in [-0.1, -0.05) is 60.1 Å². The third kappa shape index (κ3) is 8.86. The summed E-state index contributed by atoms with van der Waals surface area (Å²) in [4.78, 5) is 35.6. The van der Waals surface area contributed by atoms with Gasteiger partial charge in [0, 0.05) is 50.9 Å². The summed E-state index contributed by atoms with van der Waals surface area (Å²) in [7, 11) is 1.65. The lowest BCUT2D eigenvalue weighted by molar-refractivity contribution is -0.128. The molecule has 8 nitrogen and oxygen atoms in total. The lowest BCUT2D eigenvalue weighted by Crippen LogP contribution is -2.44. The molecule has 0 bridgehead atoms. The standard InChI is InChI=1S/C36H42ClN3O5/c1-36(2,3)45-35(42)39-17-16-30(28-13-8-12-27(22-28)26-10-6-5-7-11-26)31(24-39)34(41)40(29-14-15-29)23-25-20-32(37)38-33(21-25)44-19-9-18-43-4/h5-8,10-13,20-22,29H,9,14-19,23-24H2,1-4H3. The molecule has 0 N–H and O–H groups in total. The Kier molecular flexibility index (Phi) is 10.5. The van der Waals surface area contributed by atoms with Crippen molar-refractivity contribution in [3.8, 4) is 17.0 Å². The molecule has 2 amide bonds. The Hall–Kier alpha value is -3.88. The van der Waals surface area contributed by atoms with Crippen molar-refractivity contribution in [2.75, 3.05) is 33.4 Å². The maximum Gasteiger partial charge on any atom is 0.410 e. The van der Waals surface area contributed by atoms with Crippen molar-refractivity contribution in [2.45, 2.75) is 64.6 Å². The van der Waals surface area contributed by atoms with Crippen LogP contribution in [-0.2, 0) is 20.8 Å². The number of hydrogen-bond acceptors (Lipinski definition) is 6. The predicted molar refractivity (Wildman–Crippen MR) is 176 cm³/mol. The molecule has 238 valence electrons. The van der Waals surface area contributed by atoms with Gasteiger partial charge in [0.1, 0.15) is 10.8 Å². The Bertz CT molecular complexity index is 1530. The number of hydrogen-bond donors (Lipinski definition) is 0. The van der Waals surface area contributed by atoms with Crippen LogP contribution in [0, 0.1) is 0 Å². The van der Waals surface area contributed by atoms with Crippen LogP contribution in [0.15, 0.2) is 72.3 Å². The van der Waals surface area contributed by atoms with Crippen molar-refractivity contribution in [1.82, 2.24) is 14.8 Å². The molecule has 2 aliphatic rings. The van der Waals surface area contributed by atoms with Crippen LogP contribution in [0.4, 0.5) is 4.79 Å². The van der Waals surface area contributed by atoms with Crippen molar-refractivity contribution in [1.29, 1.82) is 0 Å². The minimum Gasteiger partial charge on any atom is -0.478 e. The SMILES string of the molecule is COCCCOc1cc(CN(C(=O)C2=C(c3cccc(-c4ccccc4)c3)CCN(C(=O)OC(C)(C)C)C2)C2CC2)cc(Cl)n1. The van der Waals surface area contributed by atoms with Crippen LogP contribution < -0.4 is 4.74 Å². The number of benzene rings is 2. The fraction of sp³-hybridized carbons (Fsp3) is 0.417. The fourth-order valence-corrected chi connectivity index (χ4v) is 5.69. The minimum absolute atomic E-state index is 0.0821. The number of rotatable bonds is 11. The van der Waals surface area contributed by atoms with Crippen molar-refractivity contribution in [3.05, 3.63) is 88.6 Å². The molecule has 3 aromatic rings. The normalized spacial score (nSPS) is 15.2. The van der Waals surface area contributed by atoms with Crippen LogP contribution >= 0.6 is 11.6 Å². The summed E-state index contributed by atoms with van der Waals surface area (Å²) in [5, 5.41) is 0.309. The van der Waals surface area contributed by atoms with Crippen LogP contribution in [0.1, 0.15) is 57.6 Å². The number of halogens is 1. The van der Waals surface area contributed by atoms with Gasteiger partial charge in [-0.3, -0.25) is 4.79 Å². The molecule has 9 heteroatoms. The maximum absolute atomic E-state index is 14.6. The van der Waals surface area contributed by atoms with E-state index in [1.165, 1.54) is 0 Å². The van der Waals surface area contributed by atoms with E-state index in [1.54, 1.807) is 18.1 Å². The molecule has 45 heavy (non-hydrogen) atoms. The third-order valence-corrected chi connectivity index (χ3v) is 7.94. The third-order valence-electron chi connectivity index (χ3n) is 7.75. The number of aromatic nitrogens is 1. The van der Waals surface area contributed by atoms with Crippen molar-refractivity contribution >= 4 is 29.2 Å². The molecule has 1 aromatic heterocycles. The second-order valence-electron chi connectivity index (χ2n) is 12.6. The molecule has 0 radical (unpaired) electrons. The van der Waals surface area contributed by atoms with Crippen LogP contribution in [0.5, 0.6) is 5.88 Å². The summed E-state index contributed by atoms with van der Waals surface area (Å²) >= 11 is 6.39. The second-order valence-corrected chi connectivity index (χ2v) is 12.9. The lowest BCUT2D eigenvalue weighted by Gasteiger charge is -2.34.